The summed E-state index contributed by atoms with van der Waals surface area (Å²) in [6.45, 7) is 2.83. The molecule has 3 aromatic rings. The van der Waals surface area contributed by atoms with Crippen molar-refractivity contribution in [2.45, 2.75) is 44.6 Å². The van der Waals surface area contributed by atoms with Crippen LogP contribution >= 0.6 is 11.3 Å². The van der Waals surface area contributed by atoms with Crippen molar-refractivity contribution in [1.82, 2.24) is 14.0 Å². The summed E-state index contributed by atoms with van der Waals surface area (Å²) in [5.41, 5.74) is 13.3. The molecule has 5 rings (SSSR count). The molecule has 0 saturated carbocycles. The van der Waals surface area contributed by atoms with E-state index < -0.39 is 58.6 Å². The predicted molar refractivity (Wildman–Crippen MR) is 177 cm³/mol. The van der Waals surface area contributed by atoms with E-state index in [0.717, 1.165) is 35.4 Å². The van der Waals surface area contributed by atoms with Crippen LogP contribution in [-0.4, -0.2) is 94.3 Å². The normalized spacial score (nSPS) is 17.8. The Bertz CT molecular complexity index is 2020. The predicted octanol–water partition coefficient (Wildman–Crippen LogP) is 0.265. The number of aromatic nitrogens is 3. The number of ether oxygens (including phenoxy) is 1. The van der Waals surface area contributed by atoms with Gasteiger partial charge in [0.05, 0.1) is 30.3 Å². The third-order valence-corrected chi connectivity index (χ3v) is 9.31. The summed E-state index contributed by atoms with van der Waals surface area (Å²) < 4.78 is 74.2. The van der Waals surface area contributed by atoms with Gasteiger partial charge in [-0.3, -0.25) is 14.1 Å². The number of hydrogen-bond donors (Lipinski definition) is 3. The number of carbonyl (C=O) groups excluding carboxylic acids is 3. The molecule has 0 radical (unpaired) electrons. The van der Waals surface area contributed by atoms with Crippen LogP contribution in [0.3, 0.4) is 0 Å². The summed E-state index contributed by atoms with van der Waals surface area (Å²) in [5, 5.41) is 22.4. The number of amidine groups is 1. The van der Waals surface area contributed by atoms with Crippen LogP contribution < -0.4 is 26.0 Å². The number of carboxylic acids is 1. The Hall–Kier alpha value is -5.33. The number of carboxylic acid groups (broad SMARTS) is 1. The molecule has 2 aliphatic heterocycles. The molecule has 2 aliphatic rings. The molecule has 0 unspecified atom stereocenters. The monoisotopic (exact) mass is 786 g/mol. The molecule has 24 heteroatoms. The van der Waals surface area contributed by atoms with Crippen LogP contribution in [0.25, 0.3) is 11.1 Å². The van der Waals surface area contributed by atoms with E-state index in [-0.39, 0.29) is 35.6 Å². The first-order valence-electron chi connectivity index (χ1n) is 15.4. The second kappa shape index (κ2) is 17.0. The van der Waals surface area contributed by atoms with Gasteiger partial charge in [-0.1, -0.05) is 17.3 Å². The lowest BCUT2D eigenvalue weighted by Gasteiger charge is -2.41. The highest BCUT2D eigenvalue weighted by atomic mass is 32.2. The first kappa shape index (κ1) is 40.4. The number of azo groups is 1. The van der Waals surface area contributed by atoms with Crippen molar-refractivity contribution >= 4 is 56.0 Å². The van der Waals surface area contributed by atoms with Gasteiger partial charge in [-0.05, 0) is 37.6 Å². The minimum atomic E-state index is -5.19. The van der Waals surface area contributed by atoms with Crippen molar-refractivity contribution in [3.05, 3.63) is 47.7 Å². The molecule has 1 aromatic carbocycles. The Kier molecular flexibility index (Phi) is 13.0. The number of thiazole rings is 1. The zero-order valence-corrected chi connectivity index (χ0v) is 29.5. The number of nitrogens with zero attached hydrogens (tertiary/aromatic N) is 8. The van der Waals surface area contributed by atoms with Gasteiger partial charge < -0.3 is 30.9 Å². The Morgan fingerprint density at radius 2 is 1.92 bits per heavy atom. The zero-order valence-electron chi connectivity index (χ0n) is 27.9. The van der Waals surface area contributed by atoms with Gasteiger partial charge in [0.2, 0.25) is 18.2 Å². The molecule has 1 saturated heterocycles. The van der Waals surface area contributed by atoms with Gasteiger partial charge in [-0.25, -0.2) is 14.3 Å². The number of ketones is 1. The number of nitrogen functional groups attached to an aromatic ring is 1. The molecule has 2 aromatic heterocycles. The number of β-lactam (4-membered cyclic amide) rings is 1. The zero-order chi connectivity index (χ0) is 39.1. The average Bonchev–Trinajstić information content (AvgIpc) is 3.86. The van der Waals surface area contributed by atoms with E-state index in [1.54, 1.807) is 0 Å². The number of anilines is 1. The van der Waals surface area contributed by atoms with E-state index in [1.165, 1.54) is 12.3 Å². The minimum absolute atomic E-state index is 0.0900. The number of aliphatic carboxylic acids is 1. The summed E-state index contributed by atoms with van der Waals surface area (Å²) >= 11 is 1.07. The molecular weight excluding hydrogens is 754 g/mol. The summed E-state index contributed by atoms with van der Waals surface area (Å²) in [4.78, 5) is 48.6. The molecule has 286 valence electrons. The average molecular weight is 787 g/mol. The second-order valence-corrected chi connectivity index (χ2v) is 13.5. The highest BCUT2D eigenvalue weighted by Crippen LogP contribution is 2.32. The summed E-state index contributed by atoms with van der Waals surface area (Å²) in [5.74, 6) is -4.83. The standard InChI is InChI=1S/C27H32N10O7S2.C2HF3O2/c1-16-20(26(39)37(16)46(40,41)42)10-22(38)24(21-14-45-27(29)32-21)34-44-23(25-30-15-31-33-25)13-43-19-6-4-17(5-7-19)18-11-35(2)36(12-18)9-3-8-28;3-2(4,5)1(6)7/h4-7,11-12,14,16,20,23H,3,8-10,13,15,28H2,1-2H3,(H2-,29,32,40,41,42);(H,6,7)/b34-24-;/t16-,20-,23-;/m0./s1. The number of oxime groups is 1. The van der Waals surface area contributed by atoms with Crippen molar-refractivity contribution < 1.29 is 59.9 Å². The van der Waals surface area contributed by atoms with Gasteiger partial charge in [0.15, 0.2) is 36.2 Å². The molecule has 3 atom stereocenters. The number of amides is 1. The third kappa shape index (κ3) is 10.4. The molecule has 1 amide bonds. The lowest BCUT2D eigenvalue weighted by molar-refractivity contribution is -0.753. The molecule has 5 N–H and O–H groups in total. The van der Waals surface area contributed by atoms with Gasteiger partial charge in [0.25, 0.3) is 0 Å². The van der Waals surface area contributed by atoms with Gasteiger partial charge in [0, 0.05) is 11.8 Å². The lowest BCUT2D eigenvalue weighted by Crippen LogP contribution is -2.62. The van der Waals surface area contributed by atoms with E-state index >= 15 is 0 Å². The van der Waals surface area contributed by atoms with Crippen LogP contribution in [0.1, 0.15) is 25.5 Å². The van der Waals surface area contributed by atoms with E-state index in [9.17, 15) is 35.7 Å². The number of nitrogens with two attached hydrogens (primary N) is 2. The fourth-order valence-electron chi connectivity index (χ4n) is 4.94. The minimum Gasteiger partial charge on any atom is -0.542 e. The summed E-state index contributed by atoms with van der Waals surface area (Å²) in [7, 11) is -2.78. The molecule has 1 fully saturated rings. The highest BCUT2D eigenvalue weighted by molar-refractivity contribution is 7.84. The maximum Gasteiger partial charge on any atom is 0.430 e. The molecule has 4 heterocycles. The molecule has 19 nitrogen and oxygen atoms in total. The molecule has 53 heavy (non-hydrogen) atoms. The topological polar surface area (TPSA) is 274 Å². The van der Waals surface area contributed by atoms with Crippen LogP contribution in [0, 0.1) is 5.92 Å². The van der Waals surface area contributed by atoms with Crippen molar-refractivity contribution in [1.29, 1.82) is 0 Å². The molecule has 0 bridgehead atoms. The van der Waals surface area contributed by atoms with Gasteiger partial charge in [-0.2, -0.15) is 31.4 Å². The lowest BCUT2D eigenvalue weighted by atomic mass is 9.86. The Balaban J connectivity index is 0.000000815. The molecular formula is C29H33F3N10O9S2. The SMILES string of the molecule is C[C@H]1[C@H](CC(=O)/C(=N\O[C@@H](COc2ccc(-c3cn(CCCN)[n+](C)c3)cc2)C2=NCN=N2)c2csc(N)n2)C(=O)N1S(=O)(=O)O.O=C([O-])C(F)(F)F. The maximum atomic E-state index is 13.4. The number of carbonyl (C=O) groups is 3. The second-order valence-electron chi connectivity index (χ2n) is 11.3. The maximum absolute atomic E-state index is 13.4. The van der Waals surface area contributed by atoms with Gasteiger partial charge in [0.1, 0.15) is 24.0 Å². The number of aryl methyl sites for hydroxylation is 2. The van der Waals surface area contributed by atoms with Gasteiger partial charge in [-0.15, -0.1) is 21.1 Å². The Morgan fingerprint density at radius 1 is 1.25 bits per heavy atom. The fourth-order valence-corrected chi connectivity index (χ4v) is 6.42. The van der Waals surface area contributed by atoms with Gasteiger partial charge >= 0.3 is 16.5 Å². The number of hydrogen-bond acceptors (Lipinski definition) is 16. The van der Waals surface area contributed by atoms with Crippen molar-refractivity contribution in [3.8, 4) is 16.9 Å². The third-order valence-electron chi connectivity index (χ3n) is 7.63. The van der Waals surface area contributed by atoms with Crippen LogP contribution in [0.4, 0.5) is 18.3 Å². The quantitative estimate of drug-likeness (QED) is 0.0616. The highest BCUT2D eigenvalue weighted by Gasteiger charge is 2.51. The largest absolute Gasteiger partial charge is 0.542 e. The molecule has 0 aliphatic carbocycles. The number of rotatable bonds is 15. The first-order valence-corrected chi connectivity index (χ1v) is 17.7. The number of aliphatic imine (C=N–C) groups is 1. The molecule has 0 spiro atoms. The van der Waals surface area contributed by atoms with E-state index in [2.05, 4.69) is 36.2 Å². The Labute approximate surface area is 303 Å². The van der Waals surface area contributed by atoms with E-state index in [1.807, 2.05) is 42.2 Å². The van der Waals surface area contributed by atoms with E-state index in [4.69, 9.17) is 30.9 Å². The van der Waals surface area contributed by atoms with Crippen molar-refractivity contribution in [2.24, 2.45) is 39.1 Å². The number of benzene rings is 1. The number of Topliss-reactive ketones (excluding diaryl/α,β-unsaturated/α-hetero) is 1. The van der Waals surface area contributed by atoms with E-state index in [0.29, 0.717) is 16.6 Å². The Morgan fingerprint density at radius 3 is 2.45 bits per heavy atom. The van der Waals surface area contributed by atoms with Crippen LogP contribution in [0.5, 0.6) is 5.75 Å². The first-order chi connectivity index (χ1) is 24.9. The van der Waals surface area contributed by atoms with Crippen LogP contribution in [0.2, 0.25) is 0 Å². The fraction of sp³-hybridized carbons (Fsp3) is 0.414. The number of alkyl halides is 3. The summed E-state index contributed by atoms with van der Waals surface area (Å²) in [6, 6.07) is 6.53. The van der Waals surface area contributed by atoms with Crippen LogP contribution in [0.15, 0.2) is 62.4 Å². The van der Waals surface area contributed by atoms with Crippen molar-refractivity contribution in [3.63, 3.8) is 0 Å². The van der Waals surface area contributed by atoms with Crippen molar-refractivity contribution in [2.75, 3.05) is 25.6 Å². The number of halogens is 3. The smallest absolute Gasteiger partial charge is 0.430 e. The summed E-state index contributed by atoms with van der Waals surface area (Å²) in [6.07, 6.45) is -1.63. The van der Waals surface area contributed by atoms with Crippen LogP contribution in [-0.2, 0) is 43.1 Å².